The first kappa shape index (κ1) is 23.2. The summed E-state index contributed by atoms with van der Waals surface area (Å²) in [5.41, 5.74) is 5.84. The van der Waals surface area contributed by atoms with Crippen LogP contribution in [0.1, 0.15) is 52.4 Å². The lowest BCUT2D eigenvalue weighted by molar-refractivity contribution is -0.124. The van der Waals surface area contributed by atoms with Crippen LogP contribution in [-0.4, -0.2) is 43.0 Å². The van der Waals surface area contributed by atoms with E-state index in [-0.39, 0.29) is 42.7 Å². The first-order chi connectivity index (χ1) is 9.17. The number of carbonyl (C=O) groups excluding carboxylic acids is 1. The predicted molar refractivity (Wildman–Crippen MR) is 94.5 cm³/mol. The Kier molecular flexibility index (Phi) is 15.1. The number of hydrogen-bond acceptors (Lipinski definition) is 3. The number of carbonyl (C=O) groups is 1. The maximum absolute atomic E-state index is 11.9. The van der Waals surface area contributed by atoms with E-state index in [0.29, 0.717) is 0 Å². The largest absolute Gasteiger partial charge is 0.356 e. The minimum Gasteiger partial charge on any atom is -0.356 e. The molecule has 1 rings (SSSR count). The van der Waals surface area contributed by atoms with E-state index in [2.05, 4.69) is 24.1 Å². The second kappa shape index (κ2) is 13.6. The summed E-state index contributed by atoms with van der Waals surface area (Å²) in [4.78, 5) is 14.4. The molecule has 0 radical (unpaired) electrons. The molecule has 0 aromatic rings. The van der Waals surface area contributed by atoms with Gasteiger partial charge in [-0.15, -0.1) is 24.8 Å². The Labute approximate surface area is 142 Å². The molecular weight excluding hydrogens is 309 g/mol. The molecule has 0 aliphatic heterocycles. The summed E-state index contributed by atoms with van der Waals surface area (Å²) >= 11 is 0. The Morgan fingerprint density at radius 3 is 2.24 bits per heavy atom. The molecule has 1 amide bonds. The molecule has 1 aliphatic rings. The lowest BCUT2D eigenvalue weighted by Gasteiger charge is -2.21. The van der Waals surface area contributed by atoms with Gasteiger partial charge in [-0.2, -0.15) is 0 Å². The molecule has 1 saturated carbocycles. The van der Waals surface area contributed by atoms with Gasteiger partial charge in [0, 0.05) is 18.5 Å². The van der Waals surface area contributed by atoms with Crippen molar-refractivity contribution in [2.45, 2.75) is 58.4 Å². The van der Waals surface area contributed by atoms with Gasteiger partial charge >= 0.3 is 0 Å². The van der Waals surface area contributed by atoms with Gasteiger partial charge in [0.1, 0.15) is 0 Å². The SMILES string of the molecule is CCCN(CCC)CCCNC(=O)C1CCC(N)C1.Cl.Cl. The summed E-state index contributed by atoms with van der Waals surface area (Å²) in [7, 11) is 0. The van der Waals surface area contributed by atoms with Crippen molar-refractivity contribution in [1.29, 1.82) is 0 Å². The number of halogens is 2. The maximum Gasteiger partial charge on any atom is 0.223 e. The van der Waals surface area contributed by atoms with E-state index in [1.165, 1.54) is 25.9 Å². The zero-order chi connectivity index (χ0) is 14.1. The molecular formula is C15H33Cl2N3O. The van der Waals surface area contributed by atoms with Crippen molar-refractivity contribution < 1.29 is 4.79 Å². The molecule has 21 heavy (non-hydrogen) atoms. The molecule has 0 heterocycles. The normalized spacial score (nSPS) is 20.8. The Hall–Kier alpha value is -0.0300. The number of nitrogens with two attached hydrogens (primary N) is 1. The number of amides is 1. The topological polar surface area (TPSA) is 58.4 Å². The average Bonchev–Trinajstić information content (AvgIpc) is 2.81. The van der Waals surface area contributed by atoms with Gasteiger partial charge in [0.15, 0.2) is 0 Å². The van der Waals surface area contributed by atoms with Crippen LogP contribution in [0.15, 0.2) is 0 Å². The highest BCUT2D eigenvalue weighted by atomic mass is 35.5. The smallest absolute Gasteiger partial charge is 0.223 e. The molecule has 6 heteroatoms. The van der Waals surface area contributed by atoms with Crippen LogP contribution in [0.4, 0.5) is 0 Å². The summed E-state index contributed by atoms with van der Waals surface area (Å²) < 4.78 is 0. The van der Waals surface area contributed by atoms with Crippen molar-refractivity contribution in [2.24, 2.45) is 11.7 Å². The molecule has 2 atom stereocenters. The van der Waals surface area contributed by atoms with Gasteiger partial charge in [0.25, 0.3) is 0 Å². The van der Waals surface area contributed by atoms with Crippen LogP contribution in [0.2, 0.25) is 0 Å². The van der Waals surface area contributed by atoms with Crippen LogP contribution in [0, 0.1) is 5.92 Å². The molecule has 128 valence electrons. The van der Waals surface area contributed by atoms with Gasteiger partial charge in [-0.3, -0.25) is 4.79 Å². The zero-order valence-electron chi connectivity index (χ0n) is 13.5. The molecule has 1 fully saturated rings. The fraction of sp³-hybridized carbons (Fsp3) is 0.933. The van der Waals surface area contributed by atoms with E-state index in [0.717, 1.165) is 38.8 Å². The van der Waals surface area contributed by atoms with Crippen LogP contribution in [0.5, 0.6) is 0 Å². The maximum atomic E-state index is 11.9. The third-order valence-corrected chi connectivity index (χ3v) is 3.87. The lowest BCUT2D eigenvalue weighted by atomic mass is 10.1. The second-order valence-electron chi connectivity index (χ2n) is 5.76. The Morgan fingerprint density at radius 2 is 1.76 bits per heavy atom. The number of hydrogen-bond donors (Lipinski definition) is 2. The first-order valence-corrected chi connectivity index (χ1v) is 7.93. The fourth-order valence-electron chi connectivity index (χ4n) is 2.88. The first-order valence-electron chi connectivity index (χ1n) is 7.93. The number of nitrogens with one attached hydrogen (secondary N) is 1. The third kappa shape index (κ3) is 9.56. The van der Waals surface area contributed by atoms with E-state index in [1.807, 2.05) is 0 Å². The minimum absolute atomic E-state index is 0. The zero-order valence-corrected chi connectivity index (χ0v) is 15.1. The summed E-state index contributed by atoms with van der Waals surface area (Å²) in [5, 5.41) is 3.06. The van der Waals surface area contributed by atoms with Crippen molar-refractivity contribution in [3.8, 4) is 0 Å². The van der Waals surface area contributed by atoms with Crippen LogP contribution in [0.25, 0.3) is 0 Å². The molecule has 3 N–H and O–H groups in total. The standard InChI is InChI=1S/C15H31N3O.2ClH/c1-3-9-18(10-4-2)11-5-8-17-15(19)13-6-7-14(16)12-13;;/h13-14H,3-12,16H2,1-2H3,(H,17,19);2*1H. The molecule has 2 unspecified atom stereocenters. The summed E-state index contributed by atoms with van der Waals surface area (Å²) in [6.07, 6.45) is 6.27. The van der Waals surface area contributed by atoms with Crippen LogP contribution in [0.3, 0.4) is 0 Å². The van der Waals surface area contributed by atoms with E-state index in [1.54, 1.807) is 0 Å². The lowest BCUT2D eigenvalue weighted by Crippen LogP contribution is -2.34. The molecule has 0 aromatic heterocycles. The van der Waals surface area contributed by atoms with Crippen LogP contribution in [-0.2, 0) is 4.79 Å². The van der Waals surface area contributed by atoms with Crippen molar-refractivity contribution in [2.75, 3.05) is 26.2 Å². The number of rotatable bonds is 9. The third-order valence-electron chi connectivity index (χ3n) is 3.87. The Morgan fingerprint density at radius 1 is 1.14 bits per heavy atom. The van der Waals surface area contributed by atoms with Crippen molar-refractivity contribution in [3.05, 3.63) is 0 Å². The highest BCUT2D eigenvalue weighted by molar-refractivity contribution is 5.85. The van der Waals surface area contributed by atoms with Gasteiger partial charge in [0.05, 0.1) is 0 Å². The molecule has 0 aromatic carbocycles. The van der Waals surface area contributed by atoms with E-state index >= 15 is 0 Å². The van der Waals surface area contributed by atoms with Gasteiger partial charge in [-0.1, -0.05) is 13.8 Å². The monoisotopic (exact) mass is 341 g/mol. The van der Waals surface area contributed by atoms with E-state index < -0.39 is 0 Å². The highest BCUT2D eigenvalue weighted by Crippen LogP contribution is 2.23. The number of nitrogens with zero attached hydrogens (tertiary/aromatic N) is 1. The molecule has 1 aliphatic carbocycles. The predicted octanol–water partition coefficient (Wildman–Crippen LogP) is 2.59. The Bertz CT molecular complexity index is 261. The summed E-state index contributed by atoms with van der Waals surface area (Å²) in [6.45, 7) is 8.65. The van der Waals surface area contributed by atoms with Gasteiger partial charge < -0.3 is 16.0 Å². The van der Waals surface area contributed by atoms with Crippen molar-refractivity contribution in [3.63, 3.8) is 0 Å². The summed E-state index contributed by atoms with van der Waals surface area (Å²) in [6, 6.07) is 0.236. The fourth-order valence-corrected chi connectivity index (χ4v) is 2.88. The Balaban J connectivity index is 0. The van der Waals surface area contributed by atoms with Crippen LogP contribution >= 0.6 is 24.8 Å². The van der Waals surface area contributed by atoms with Crippen LogP contribution < -0.4 is 11.1 Å². The van der Waals surface area contributed by atoms with Crippen molar-refractivity contribution >= 4 is 30.7 Å². The average molecular weight is 342 g/mol. The second-order valence-corrected chi connectivity index (χ2v) is 5.76. The van der Waals surface area contributed by atoms with E-state index in [9.17, 15) is 4.79 Å². The van der Waals surface area contributed by atoms with E-state index in [4.69, 9.17) is 5.73 Å². The molecule has 0 spiro atoms. The summed E-state index contributed by atoms with van der Waals surface area (Å²) in [5.74, 6) is 0.378. The van der Waals surface area contributed by atoms with Gasteiger partial charge in [-0.05, 0) is 58.2 Å². The molecule has 0 bridgehead atoms. The van der Waals surface area contributed by atoms with Crippen molar-refractivity contribution in [1.82, 2.24) is 10.2 Å². The minimum atomic E-state index is 0. The van der Waals surface area contributed by atoms with Gasteiger partial charge in [0.2, 0.25) is 5.91 Å². The highest BCUT2D eigenvalue weighted by Gasteiger charge is 2.27. The molecule has 4 nitrogen and oxygen atoms in total. The quantitative estimate of drug-likeness (QED) is 0.633. The molecule has 0 saturated heterocycles. The van der Waals surface area contributed by atoms with Gasteiger partial charge in [-0.25, -0.2) is 0 Å².